The molecule has 9 heteroatoms. The second-order valence-corrected chi connectivity index (χ2v) is 6.72. The Morgan fingerprint density at radius 3 is 2.48 bits per heavy atom. The van der Waals surface area contributed by atoms with Crippen molar-refractivity contribution in [3.05, 3.63) is 60.2 Å². The van der Waals surface area contributed by atoms with Gasteiger partial charge < -0.3 is 15.7 Å². The molecule has 29 heavy (non-hydrogen) atoms. The molecule has 0 aliphatic carbocycles. The summed E-state index contributed by atoms with van der Waals surface area (Å²) in [6, 6.07) is 6.14. The first-order valence-electron chi connectivity index (χ1n) is 8.96. The minimum Gasteiger partial charge on any atom is -0.394 e. The van der Waals surface area contributed by atoms with Crippen molar-refractivity contribution in [2.75, 3.05) is 17.2 Å². The molecule has 0 amide bonds. The summed E-state index contributed by atoms with van der Waals surface area (Å²) in [7, 11) is 0. The number of nitrogens with zero attached hydrogens (tertiary/aromatic N) is 3. The van der Waals surface area contributed by atoms with Crippen molar-refractivity contribution in [2.24, 2.45) is 5.92 Å². The third kappa shape index (κ3) is 4.80. The van der Waals surface area contributed by atoms with Crippen LogP contribution >= 0.6 is 0 Å². The first kappa shape index (κ1) is 20.5. The van der Waals surface area contributed by atoms with Crippen LogP contribution in [-0.2, 0) is 0 Å². The van der Waals surface area contributed by atoms with Crippen molar-refractivity contribution >= 4 is 17.5 Å². The molecule has 0 spiro atoms. The summed E-state index contributed by atoms with van der Waals surface area (Å²) in [4.78, 5) is 12.7. The highest BCUT2D eigenvalue weighted by Crippen LogP contribution is 2.27. The van der Waals surface area contributed by atoms with Gasteiger partial charge in [0, 0.05) is 24.0 Å². The minimum absolute atomic E-state index is 0.0465. The van der Waals surface area contributed by atoms with E-state index < -0.39 is 23.1 Å². The molecule has 6 nitrogen and oxygen atoms in total. The molecule has 0 saturated carbocycles. The zero-order valence-electron chi connectivity index (χ0n) is 15.8. The number of benzene rings is 1. The summed E-state index contributed by atoms with van der Waals surface area (Å²) in [5.74, 6) is -3.25. The Morgan fingerprint density at radius 2 is 1.83 bits per heavy atom. The zero-order valence-corrected chi connectivity index (χ0v) is 15.8. The molecule has 0 aliphatic rings. The van der Waals surface area contributed by atoms with Gasteiger partial charge in [0.2, 0.25) is 5.95 Å². The molecule has 0 bridgehead atoms. The number of hydrogen-bond donors (Lipinski definition) is 3. The van der Waals surface area contributed by atoms with Crippen LogP contribution in [0.25, 0.3) is 11.3 Å². The third-order valence-electron chi connectivity index (χ3n) is 4.30. The van der Waals surface area contributed by atoms with Crippen LogP contribution in [0.3, 0.4) is 0 Å². The lowest BCUT2D eigenvalue weighted by Gasteiger charge is -2.20. The van der Waals surface area contributed by atoms with E-state index in [9.17, 15) is 18.3 Å². The minimum atomic E-state index is -1.35. The SMILES string of the molecule is CC(C)[C@@H](CO)Nc1nc(Nc2c(F)ccc(F)c2F)cc(-c2cccnc2)n1. The van der Waals surface area contributed by atoms with Gasteiger partial charge in [-0.15, -0.1) is 0 Å². The lowest BCUT2D eigenvalue weighted by molar-refractivity contribution is 0.248. The van der Waals surface area contributed by atoms with E-state index >= 15 is 0 Å². The Hall–Kier alpha value is -3.20. The number of pyridine rings is 1. The molecule has 3 N–H and O–H groups in total. The number of halogens is 3. The average Bonchev–Trinajstić information content (AvgIpc) is 2.72. The maximum absolute atomic E-state index is 14.1. The molecule has 0 radical (unpaired) electrons. The topological polar surface area (TPSA) is 83.0 Å². The Bertz CT molecular complexity index is 985. The van der Waals surface area contributed by atoms with Gasteiger partial charge >= 0.3 is 0 Å². The van der Waals surface area contributed by atoms with E-state index in [-0.39, 0.29) is 30.3 Å². The zero-order chi connectivity index (χ0) is 21.0. The number of rotatable bonds is 7. The fourth-order valence-electron chi connectivity index (χ4n) is 2.60. The van der Waals surface area contributed by atoms with E-state index in [0.717, 1.165) is 6.07 Å². The molecular weight excluding hydrogens is 383 g/mol. The highest BCUT2D eigenvalue weighted by molar-refractivity contribution is 5.67. The third-order valence-corrected chi connectivity index (χ3v) is 4.30. The lowest BCUT2D eigenvalue weighted by atomic mass is 10.1. The van der Waals surface area contributed by atoms with E-state index in [4.69, 9.17) is 0 Å². The smallest absolute Gasteiger partial charge is 0.225 e. The number of aliphatic hydroxyl groups is 1. The number of aromatic nitrogens is 3. The monoisotopic (exact) mass is 403 g/mol. The molecule has 2 heterocycles. The van der Waals surface area contributed by atoms with Crippen LogP contribution in [0.1, 0.15) is 13.8 Å². The molecule has 1 atom stereocenters. The number of anilines is 3. The molecule has 0 fully saturated rings. The van der Waals surface area contributed by atoms with Gasteiger partial charge in [-0.3, -0.25) is 4.98 Å². The Balaban J connectivity index is 2.04. The highest BCUT2D eigenvalue weighted by Gasteiger charge is 2.18. The predicted octanol–water partition coefficient (Wildman–Crippen LogP) is 4.13. The Labute approximate surface area is 165 Å². The summed E-state index contributed by atoms with van der Waals surface area (Å²) in [5.41, 5.74) is 0.413. The average molecular weight is 403 g/mol. The van der Waals surface area contributed by atoms with E-state index in [1.54, 1.807) is 24.5 Å². The summed E-state index contributed by atoms with van der Waals surface area (Å²) >= 11 is 0. The fourth-order valence-corrected chi connectivity index (χ4v) is 2.60. The van der Waals surface area contributed by atoms with Crippen LogP contribution in [-0.4, -0.2) is 32.7 Å². The molecule has 2 aromatic heterocycles. The number of aliphatic hydroxyl groups excluding tert-OH is 1. The molecule has 0 aliphatic heterocycles. The number of nitrogens with one attached hydrogen (secondary N) is 2. The van der Waals surface area contributed by atoms with Gasteiger partial charge in [0.1, 0.15) is 17.3 Å². The van der Waals surface area contributed by atoms with Crippen molar-refractivity contribution in [3.8, 4) is 11.3 Å². The quantitative estimate of drug-likeness (QED) is 0.515. The lowest BCUT2D eigenvalue weighted by Crippen LogP contribution is -2.30. The van der Waals surface area contributed by atoms with Crippen molar-refractivity contribution in [1.82, 2.24) is 15.0 Å². The van der Waals surface area contributed by atoms with Crippen LogP contribution in [0, 0.1) is 23.4 Å². The summed E-state index contributed by atoms with van der Waals surface area (Å²) in [6.07, 6.45) is 3.17. The summed E-state index contributed by atoms with van der Waals surface area (Å²) in [5, 5.41) is 15.1. The highest BCUT2D eigenvalue weighted by atomic mass is 19.2. The standard InChI is InChI=1S/C20H20F3N5O/c1-11(2)16(10-29)26-20-25-15(12-4-3-7-24-9-12)8-17(28-20)27-19-14(22)6-5-13(21)18(19)23/h3-9,11,16,29H,10H2,1-2H3,(H2,25,26,27,28)/t16-/m1/s1. The van der Waals surface area contributed by atoms with E-state index in [0.29, 0.717) is 17.3 Å². The van der Waals surface area contributed by atoms with Gasteiger partial charge in [-0.2, -0.15) is 4.98 Å². The van der Waals surface area contributed by atoms with Crippen molar-refractivity contribution < 1.29 is 18.3 Å². The van der Waals surface area contributed by atoms with Gasteiger partial charge in [-0.05, 0) is 30.2 Å². The fraction of sp³-hybridized carbons (Fsp3) is 0.250. The molecule has 152 valence electrons. The van der Waals surface area contributed by atoms with E-state index in [1.807, 2.05) is 13.8 Å². The Morgan fingerprint density at radius 1 is 1.07 bits per heavy atom. The van der Waals surface area contributed by atoms with Gasteiger partial charge in [0.25, 0.3) is 0 Å². The molecule has 0 unspecified atom stereocenters. The molecule has 3 rings (SSSR count). The van der Waals surface area contributed by atoms with Gasteiger partial charge in [-0.1, -0.05) is 13.8 Å². The molecule has 3 aromatic rings. The van der Waals surface area contributed by atoms with Crippen molar-refractivity contribution in [1.29, 1.82) is 0 Å². The Kier molecular flexibility index (Phi) is 6.28. The first-order valence-corrected chi connectivity index (χ1v) is 8.96. The second-order valence-electron chi connectivity index (χ2n) is 6.72. The van der Waals surface area contributed by atoms with E-state index in [2.05, 4.69) is 25.6 Å². The largest absolute Gasteiger partial charge is 0.394 e. The predicted molar refractivity (Wildman–Crippen MR) is 104 cm³/mol. The van der Waals surface area contributed by atoms with Crippen molar-refractivity contribution in [2.45, 2.75) is 19.9 Å². The van der Waals surface area contributed by atoms with Crippen molar-refractivity contribution in [3.63, 3.8) is 0 Å². The van der Waals surface area contributed by atoms with Gasteiger partial charge in [-0.25, -0.2) is 18.2 Å². The first-order chi connectivity index (χ1) is 13.9. The molecule has 1 aromatic carbocycles. The summed E-state index contributed by atoms with van der Waals surface area (Å²) < 4.78 is 41.6. The normalized spacial score (nSPS) is 12.1. The maximum Gasteiger partial charge on any atom is 0.225 e. The second kappa shape index (κ2) is 8.87. The van der Waals surface area contributed by atoms with Gasteiger partial charge in [0.15, 0.2) is 11.6 Å². The molecular formula is C20H20F3N5O. The van der Waals surface area contributed by atoms with Crippen LogP contribution < -0.4 is 10.6 Å². The maximum atomic E-state index is 14.1. The van der Waals surface area contributed by atoms with Crippen LogP contribution in [0.4, 0.5) is 30.6 Å². The molecule has 0 saturated heterocycles. The van der Waals surface area contributed by atoms with Crippen LogP contribution in [0.15, 0.2) is 42.7 Å². The summed E-state index contributed by atoms with van der Waals surface area (Å²) in [6.45, 7) is 3.67. The van der Waals surface area contributed by atoms with Crippen LogP contribution in [0.2, 0.25) is 0 Å². The van der Waals surface area contributed by atoms with Crippen LogP contribution in [0.5, 0.6) is 0 Å². The van der Waals surface area contributed by atoms with E-state index in [1.165, 1.54) is 6.07 Å². The van der Waals surface area contributed by atoms with Gasteiger partial charge in [0.05, 0.1) is 18.3 Å². The number of hydrogen-bond acceptors (Lipinski definition) is 6.